The van der Waals surface area contributed by atoms with Crippen LogP contribution in [0.5, 0.6) is 0 Å². The number of aliphatic carboxylic acids is 1. The summed E-state index contributed by atoms with van der Waals surface area (Å²) in [7, 11) is 1.42. The summed E-state index contributed by atoms with van der Waals surface area (Å²) in [4.78, 5) is 25.1. The molecule has 1 aliphatic carbocycles. The number of carboxylic acid groups (broad SMARTS) is 1. The van der Waals surface area contributed by atoms with Crippen LogP contribution in [0, 0.1) is 0 Å². The lowest BCUT2D eigenvalue weighted by molar-refractivity contribution is -0.145. The molecule has 1 aliphatic rings. The Morgan fingerprint density at radius 3 is 2.07 bits per heavy atom. The van der Waals surface area contributed by atoms with Crippen LogP contribution in [0.1, 0.15) is 30.9 Å². The molecule has 2 aromatic carbocycles. The van der Waals surface area contributed by atoms with E-state index in [1.165, 1.54) is 7.05 Å². The molecular weight excluding hydrogens is 358 g/mol. The van der Waals surface area contributed by atoms with Crippen LogP contribution < -0.4 is 0 Å². The Bertz CT molecular complexity index is 818. The topological polar surface area (TPSA) is 76.1 Å². The summed E-state index contributed by atoms with van der Waals surface area (Å²) >= 11 is 0. The molecule has 1 amide bonds. The van der Waals surface area contributed by atoms with E-state index >= 15 is 0 Å². The van der Waals surface area contributed by atoms with Crippen LogP contribution in [-0.4, -0.2) is 54.5 Å². The van der Waals surface area contributed by atoms with Crippen LogP contribution in [0.2, 0.25) is 0 Å². The maximum atomic E-state index is 12.5. The Hall–Kier alpha value is -2.86. The third-order valence-electron chi connectivity index (χ3n) is 4.96. The fourth-order valence-corrected chi connectivity index (χ4v) is 3.46. The predicted molar refractivity (Wildman–Crippen MR) is 105 cm³/mol. The predicted octanol–water partition coefficient (Wildman–Crippen LogP) is 3.75. The van der Waals surface area contributed by atoms with E-state index < -0.39 is 18.1 Å². The van der Waals surface area contributed by atoms with E-state index in [-0.39, 0.29) is 25.2 Å². The third-order valence-corrected chi connectivity index (χ3v) is 4.96. The molecule has 0 bridgehead atoms. The van der Waals surface area contributed by atoms with E-state index in [2.05, 4.69) is 12.1 Å². The van der Waals surface area contributed by atoms with Gasteiger partial charge in [-0.1, -0.05) is 48.5 Å². The molecule has 0 aromatic heterocycles. The SMILES string of the molecule is CC(C)OCC(C(=O)O)N(C)C(=O)OCC1c2ccccc2-c2ccccc21. The highest BCUT2D eigenvalue weighted by atomic mass is 16.6. The third kappa shape index (κ3) is 4.02. The first-order valence-corrected chi connectivity index (χ1v) is 9.32. The summed E-state index contributed by atoms with van der Waals surface area (Å²) in [5.74, 6) is -1.20. The number of amides is 1. The molecule has 0 spiro atoms. The van der Waals surface area contributed by atoms with Crippen molar-refractivity contribution in [2.45, 2.75) is 31.9 Å². The molecule has 6 heteroatoms. The summed E-state index contributed by atoms with van der Waals surface area (Å²) in [6, 6.07) is 15.0. The van der Waals surface area contributed by atoms with Gasteiger partial charge in [-0.2, -0.15) is 0 Å². The molecule has 28 heavy (non-hydrogen) atoms. The van der Waals surface area contributed by atoms with Gasteiger partial charge in [0, 0.05) is 13.0 Å². The fraction of sp³-hybridized carbons (Fsp3) is 0.364. The minimum absolute atomic E-state index is 0.0695. The van der Waals surface area contributed by atoms with Gasteiger partial charge in [-0.3, -0.25) is 4.90 Å². The van der Waals surface area contributed by atoms with Gasteiger partial charge in [-0.25, -0.2) is 9.59 Å². The van der Waals surface area contributed by atoms with Crippen molar-refractivity contribution in [2.75, 3.05) is 20.3 Å². The first-order chi connectivity index (χ1) is 13.4. The van der Waals surface area contributed by atoms with Gasteiger partial charge in [0.05, 0.1) is 12.7 Å². The normalized spacial score (nSPS) is 13.7. The van der Waals surface area contributed by atoms with Crippen LogP contribution in [0.4, 0.5) is 4.79 Å². The zero-order valence-corrected chi connectivity index (χ0v) is 16.3. The standard InChI is InChI=1S/C22H25NO5/c1-14(2)27-13-20(21(24)25)23(3)22(26)28-12-19-17-10-6-4-8-15(17)16-9-5-7-11-18(16)19/h4-11,14,19-20H,12-13H2,1-3H3,(H,24,25). The molecule has 0 aliphatic heterocycles. The Kier molecular flexibility index (Phi) is 5.99. The van der Waals surface area contributed by atoms with Crippen molar-refractivity contribution < 1.29 is 24.2 Å². The van der Waals surface area contributed by atoms with Gasteiger partial charge in [0.1, 0.15) is 6.61 Å². The van der Waals surface area contributed by atoms with E-state index in [0.29, 0.717) is 0 Å². The van der Waals surface area contributed by atoms with E-state index in [1.54, 1.807) is 0 Å². The summed E-state index contributed by atoms with van der Waals surface area (Å²) in [6.45, 7) is 3.68. The Labute approximate surface area is 164 Å². The van der Waals surface area contributed by atoms with E-state index in [0.717, 1.165) is 27.2 Å². The highest BCUT2D eigenvalue weighted by Gasteiger charge is 2.32. The molecule has 0 radical (unpaired) electrons. The summed E-state index contributed by atoms with van der Waals surface area (Å²) < 4.78 is 10.9. The van der Waals surface area contributed by atoms with Gasteiger partial charge < -0.3 is 14.6 Å². The number of carbonyl (C=O) groups excluding carboxylic acids is 1. The molecule has 1 atom stereocenters. The number of ether oxygens (including phenoxy) is 2. The number of likely N-dealkylation sites (N-methyl/N-ethyl adjacent to an activating group) is 1. The highest BCUT2D eigenvalue weighted by Crippen LogP contribution is 2.44. The quantitative estimate of drug-likeness (QED) is 0.788. The van der Waals surface area contributed by atoms with Crippen molar-refractivity contribution >= 4 is 12.1 Å². The van der Waals surface area contributed by atoms with E-state index in [1.807, 2.05) is 50.2 Å². The molecule has 0 fully saturated rings. The molecule has 0 saturated heterocycles. The zero-order valence-electron chi connectivity index (χ0n) is 16.3. The van der Waals surface area contributed by atoms with E-state index in [9.17, 15) is 14.7 Å². The Morgan fingerprint density at radius 1 is 1.04 bits per heavy atom. The summed E-state index contributed by atoms with van der Waals surface area (Å²) in [5, 5.41) is 9.42. The maximum Gasteiger partial charge on any atom is 0.410 e. The fourth-order valence-electron chi connectivity index (χ4n) is 3.46. The summed E-state index contributed by atoms with van der Waals surface area (Å²) in [5.41, 5.74) is 4.50. The number of benzene rings is 2. The molecule has 6 nitrogen and oxygen atoms in total. The molecule has 1 unspecified atom stereocenters. The first kappa shape index (κ1) is 19.9. The minimum Gasteiger partial charge on any atom is -0.480 e. The number of hydrogen-bond acceptors (Lipinski definition) is 4. The van der Waals surface area contributed by atoms with Gasteiger partial charge in [0.2, 0.25) is 0 Å². The lowest BCUT2D eigenvalue weighted by atomic mass is 9.98. The molecule has 0 saturated carbocycles. The molecule has 148 valence electrons. The summed E-state index contributed by atoms with van der Waals surface area (Å²) in [6.07, 6.45) is -0.806. The van der Waals surface area contributed by atoms with Crippen LogP contribution in [0.25, 0.3) is 11.1 Å². The van der Waals surface area contributed by atoms with Gasteiger partial charge in [0.25, 0.3) is 0 Å². The molecule has 1 N–H and O–H groups in total. The van der Waals surface area contributed by atoms with Gasteiger partial charge in [-0.15, -0.1) is 0 Å². The Morgan fingerprint density at radius 2 is 1.57 bits per heavy atom. The van der Waals surface area contributed by atoms with Crippen molar-refractivity contribution in [3.63, 3.8) is 0 Å². The average molecular weight is 383 g/mol. The smallest absolute Gasteiger partial charge is 0.410 e. The second-order valence-corrected chi connectivity index (χ2v) is 7.15. The number of carbonyl (C=O) groups is 2. The Balaban J connectivity index is 1.71. The number of rotatable bonds is 7. The number of hydrogen-bond donors (Lipinski definition) is 1. The molecule has 2 aromatic rings. The van der Waals surface area contributed by atoms with Gasteiger partial charge in [0.15, 0.2) is 6.04 Å². The van der Waals surface area contributed by atoms with Crippen LogP contribution in [-0.2, 0) is 14.3 Å². The minimum atomic E-state index is -1.13. The lowest BCUT2D eigenvalue weighted by Crippen LogP contribution is -2.46. The van der Waals surface area contributed by atoms with Crippen molar-refractivity contribution in [3.8, 4) is 11.1 Å². The average Bonchev–Trinajstić information content (AvgIpc) is 2.99. The van der Waals surface area contributed by atoms with Crippen LogP contribution in [0.15, 0.2) is 48.5 Å². The zero-order chi connectivity index (χ0) is 20.3. The lowest BCUT2D eigenvalue weighted by Gasteiger charge is -2.25. The molecule has 0 heterocycles. The van der Waals surface area contributed by atoms with Crippen molar-refractivity contribution in [1.29, 1.82) is 0 Å². The second-order valence-electron chi connectivity index (χ2n) is 7.15. The van der Waals surface area contributed by atoms with Gasteiger partial charge in [-0.05, 0) is 36.1 Å². The highest BCUT2D eigenvalue weighted by molar-refractivity contribution is 5.81. The monoisotopic (exact) mass is 383 g/mol. The van der Waals surface area contributed by atoms with Crippen LogP contribution >= 0.6 is 0 Å². The molecular formula is C22H25NO5. The number of fused-ring (bicyclic) bond motifs is 3. The van der Waals surface area contributed by atoms with E-state index in [4.69, 9.17) is 9.47 Å². The van der Waals surface area contributed by atoms with Crippen molar-refractivity contribution in [3.05, 3.63) is 59.7 Å². The van der Waals surface area contributed by atoms with Crippen molar-refractivity contribution in [2.24, 2.45) is 0 Å². The van der Waals surface area contributed by atoms with Crippen LogP contribution in [0.3, 0.4) is 0 Å². The second kappa shape index (κ2) is 8.44. The number of carboxylic acids is 1. The van der Waals surface area contributed by atoms with Gasteiger partial charge >= 0.3 is 12.1 Å². The number of nitrogens with zero attached hydrogens (tertiary/aromatic N) is 1. The molecule has 3 rings (SSSR count). The van der Waals surface area contributed by atoms with Crippen molar-refractivity contribution in [1.82, 2.24) is 4.90 Å². The maximum absolute atomic E-state index is 12.5. The first-order valence-electron chi connectivity index (χ1n) is 9.32. The largest absolute Gasteiger partial charge is 0.480 e.